The third kappa shape index (κ3) is 4.64. The molecule has 0 saturated carbocycles. The number of benzene rings is 2. The Balaban J connectivity index is 1.51. The standard InChI is InChI=1S/C19H19N3O3S/c1-12(23)21-14-8-6-13(7-9-14)11-20-18(24)10-17-19(25)22-15-4-2-3-5-16(15)26-17/h2-9,17H,10-11H2,1H3,(H,20,24)(H,21,23)(H,22,25). The van der Waals surface area contributed by atoms with Crippen molar-refractivity contribution in [2.24, 2.45) is 0 Å². The average molecular weight is 369 g/mol. The molecule has 3 amide bonds. The zero-order valence-electron chi connectivity index (χ0n) is 14.2. The first-order valence-corrected chi connectivity index (χ1v) is 9.09. The van der Waals surface area contributed by atoms with Gasteiger partial charge in [0.1, 0.15) is 0 Å². The zero-order chi connectivity index (χ0) is 18.5. The fourth-order valence-electron chi connectivity index (χ4n) is 2.58. The highest BCUT2D eigenvalue weighted by atomic mass is 32.2. The van der Waals surface area contributed by atoms with Gasteiger partial charge in [0.15, 0.2) is 0 Å². The minimum atomic E-state index is -0.438. The van der Waals surface area contributed by atoms with Crippen LogP contribution >= 0.6 is 11.8 Å². The summed E-state index contributed by atoms with van der Waals surface area (Å²) in [5.74, 6) is -0.456. The van der Waals surface area contributed by atoms with Crippen molar-refractivity contribution >= 4 is 40.9 Å². The van der Waals surface area contributed by atoms with Crippen molar-refractivity contribution in [3.8, 4) is 0 Å². The van der Waals surface area contributed by atoms with Gasteiger partial charge in [0.25, 0.3) is 0 Å². The molecule has 2 aromatic carbocycles. The van der Waals surface area contributed by atoms with Crippen LogP contribution in [0.25, 0.3) is 0 Å². The van der Waals surface area contributed by atoms with Crippen LogP contribution in [0, 0.1) is 0 Å². The van der Waals surface area contributed by atoms with Crippen LogP contribution in [0.1, 0.15) is 18.9 Å². The van der Waals surface area contributed by atoms with E-state index in [4.69, 9.17) is 0 Å². The van der Waals surface area contributed by atoms with Gasteiger partial charge in [0.05, 0.1) is 10.9 Å². The number of carbonyl (C=O) groups excluding carboxylic acids is 3. The van der Waals surface area contributed by atoms with Gasteiger partial charge in [-0.25, -0.2) is 0 Å². The average Bonchev–Trinajstić information content (AvgIpc) is 2.61. The number of anilines is 2. The van der Waals surface area contributed by atoms with Crippen LogP contribution in [0.15, 0.2) is 53.4 Å². The summed E-state index contributed by atoms with van der Waals surface area (Å²) in [6.45, 7) is 1.82. The Hall–Kier alpha value is -2.80. The molecule has 0 saturated heterocycles. The number of para-hydroxylation sites is 1. The smallest absolute Gasteiger partial charge is 0.238 e. The molecule has 2 aromatic rings. The molecule has 1 atom stereocenters. The molecule has 0 aliphatic carbocycles. The molecule has 1 aliphatic heterocycles. The number of amides is 3. The number of thioether (sulfide) groups is 1. The van der Waals surface area contributed by atoms with Crippen LogP contribution < -0.4 is 16.0 Å². The number of hydrogen-bond donors (Lipinski definition) is 3. The Labute approximate surface area is 155 Å². The molecule has 6 nitrogen and oxygen atoms in total. The molecule has 0 bridgehead atoms. The Morgan fingerprint density at radius 2 is 1.85 bits per heavy atom. The van der Waals surface area contributed by atoms with Gasteiger partial charge in [0.2, 0.25) is 17.7 Å². The summed E-state index contributed by atoms with van der Waals surface area (Å²) in [5, 5.41) is 7.92. The zero-order valence-corrected chi connectivity index (χ0v) is 15.1. The molecule has 1 heterocycles. The first-order chi connectivity index (χ1) is 12.5. The second-order valence-corrected chi connectivity index (χ2v) is 7.20. The number of hydrogen-bond acceptors (Lipinski definition) is 4. The van der Waals surface area contributed by atoms with Crippen LogP contribution in [0.3, 0.4) is 0 Å². The molecular weight excluding hydrogens is 350 g/mol. The fourth-order valence-corrected chi connectivity index (χ4v) is 3.69. The van der Waals surface area contributed by atoms with E-state index >= 15 is 0 Å². The van der Waals surface area contributed by atoms with E-state index in [9.17, 15) is 14.4 Å². The summed E-state index contributed by atoms with van der Waals surface area (Å²) in [7, 11) is 0. The highest BCUT2D eigenvalue weighted by molar-refractivity contribution is 8.01. The van der Waals surface area contributed by atoms with Gasteiger partial charge in [0, 0.05) is 30.5 Å². The van der Waals surface area contributed by atoms with Crippen LogP contribution in [-0.4, -0.2) is 23.0 Å². The maximum absolute atomic E-state index is 12.2. The van der Waals surface area contributed by atoms with Crippen LogP contribution in [0.4, 0.5) is 11.4 Å². The van der Waals surface area contributed by atoms with Crippen molar-refractivity contribution in [2.75, 3.05) is 10.6 Å². The molecule has 0 radical (unpaired) electrons. The van der Waals surface area contributed by atoms with Gasteiger partial charge >= 0.3 is 0 Å². The SMILES string of the molecule is CC(=O)Nc1ccc(CNC(=O)CC2Sc3ccccc3NC2=O)cc1. The highest BCUT2D eigenvalue weighted by Crippen LogP contribution is 2.36. The maximum Gasteiger partial charge on any atom is 0.238 e. The third-order valence-corrected chi connectivity index (χ3v) is 5.12. The van der Waals surface area contributed by atoms with Crippen molar-refractivity contribution in [1.29, 1.82) is 0 Å². The lowest BCUT2D eigenvalue weighted by Crippen LogP contribution is -2.34. The van der Waals surface area contributed by atoms with E-state index in [1.165, 1.54) is 18.7 Å². The predicted octanol–water partition coefficient (Wildman–Crippen LogP) is 2.76. The van der Waals surface area contributed by atoms with Gasteiger partial charge in [-0.3, -0.25) is 14.4 Å². The van der Waals surface area contributed by atoms with E-state index in [-0.39, 0.29) is 24.1 Å². The summed E-state index contributed by atoms with van der Waals surface area (Å²) in [6, 6.07) is 14.8. The summed E-state index contributed by atoms with van der Waals surface area (Å²) < 4.78 is 0. The molecule has 3 rings (SSSR count). The molecule has 0 aromatic heterocycles. The number of rotatable bonds is 5. The molecule has 1 unspecified atom stereocenters. The summed E-state index contributed by atoms with van der Waals surface area (Å²) in [6.07, 6.45) is 0.120. The van der Waals surface area contributed by atoms with E-state index < -0.39 is 5.25 Å². The number of nitrogens with one attached hydrogen (secondary N) is 3. The minimum absolute atomic E-state index is 0.120. The van der Waals surface area contributed by atoms with Gasteiger partial charge in [-0.05, 0) is 29.8 Å². The Morgan fingerprint density at radius 1 is 1.12 bits per heavy atom. The molecule has 7 heteroatoms. The van der Waals surface area contributed by atoms with E-state index in [2.05, 4.69) is 16.0 Å². The first-order valence-electron chi connectivity index (χ1n) is 8.21. The van der Waals surface area contributed by atoms with E-state index in [1.54, 1.807) is 12.1 Å². The van der Waals surface area contributed by atoms with Crippen LogP contribution in [-0.2, 0) is 20.9 Å². The molecule has 134 valence electrons. The van der Waals surface area contributed by atoms with Crippen molar-refractivity contribution in [3.63, 3.8) is 0 Å². The van der Waals surface area contributed by atoms with Gasteiger partial charge < -0.3 is 16.0 Å². The predicted molar refractivity (Wildman–Crippen MR) is 102 cm³/mol. The topological polar surface area (TPSA) is 87.3 Å². The normalized spacial score (nSPS) is 15.6. The fraction of sp³-hybridized carbons (Fsp3) is 0.211. The van der Waals surface area contributed by atoms with Crippen molar-refractivity contribution in [3.05, 3.63) is 54.1 Å². The minimum Gasteiger partial charge on any atom is -0.352 e. The van der Waals surface area contributed by atoms with Gasteiger partial charge in [-0.1, -0.05) is 24.3 Å². The first kappa shape index (κ1) is 18.0. The lowest BCUT2D eigenvalue weighted by Gasteiger charge is -2.23. The van der Waals surface area contributed by atoms with Crippen molar-refractivity contribution in [1.82, 2.24) is 5.32 Å². The lowest BCUT2D eigenvalue weighted by atomic mass is 10.2. The number of fused-ring (bicyclic) bond motifs is 1. The molecular formula is C19H19N3O3S. The van der Waals surface area contributed by atoms with E-state index in [0.29, 0.717) is 12.2 Å². The molecule has 1 aliphatic rings. The maximum atomic E-state index is 12.2. The molecule has 0 fully saturated rings. The Bertz CT molecular complexity index is 836. The Morgan fingerprint density at radius 3 is 2.58 bits per heavy atom. The quantitative estimate of drug-likeness (QED) is 0.756. The summed E-state index contributed by atoms with van der Waals surface area (Å²) in [4.78, 5) is 36.3. The second-order valence-electron chi connectivity index (χ2n) is 5.95. The molecule has 3 N–H and O–H groups in total. The molecule has 0 spiro atoms. The Kier molecular flexibility index (Phi) is 5.58. The van der Waals surface area contributed by atoms with Crippen molar-refractivity contribution in [2.45, 2.75) is 30.0 Å². The van der Waals surface area contributed by atoms with Crippen molar-refractivity contribution < 1.29 is 14.4 Å². The second kappa shape index (κ2) is 8.05. The van der Waals surface area contributed by atoms with Crippen LogP contribution in [0.5, 0.6) is 0 Å². The van der Waals surface area contributed by atoms with E-state index in [0.717, 1.165) is 16.1 Å². The van der Waals surface area contributed by atoms with Gasteiger partial charge in [-0.15, -0.1) is 11.8 Å². The number of carbonyl (C=O) groups is 3. The van der Waals surface area contributed by atoms with E-state index in [1.807, 2.05) is 36.4 Å². The summed E-state index contributed by atoms with van der Waals surface area (Å²) >= 11 is 1.41. The largest absolute Gasteiger partial charge is 0.352 e. The summed E-state index contributed by atoms with van der Waals surface area (Å²) in [5.41, 5.74) is 2.42. The third-order valence-electron chi connectivity index (χ3n) is 3.84. The molecule has 26 heavy (non-hydrogen) atoms. The monoisotopic (exact) mass is 369 g/mol. The lowest BCUT2D eigenvalue weighted by molar-refractivity contribution is -0.124. The highest BCUT2D eigenvalue weighted by Gasteiger charge is 2.28. The van der Waals surface area contributed by atoms with Crippen LogP contribution in [0.2, 0.25) is 0 Å². The van der Waals surface area contributed by atoms with Gasteiger partial charge in [-0.2, -0.15) is 0 Å².